The molecule has 0 saturated carbocycles. The van der Waals surface area contributed by atoms with Crippen LogP contribution in [0.5, 0.6) is 0 Å². The summed E-state index contributed by atoms with van der Waals surface area (Å²) in [5.74, 6) is -1.55. The summed E-state index contributed by atoms with van der Waals surface area (Å²) >= 11 is 5.78. The van der Waals surface area contributed by atoms with Crippen molar-refractivity contribution in [1.82, 2.24) is 0 Å². The van der Waals surface area contributed by atoms with Crippen molar-refractivity contribution in [3.63, 3.8) is 0 Å². The number of nitro benzene ring substituents is 1. The zero-order valence-electron chi connectivity index (χ0n) is 13.5. The van der Waals surface area contributed by atoms with E-state index in [9.17, 15) is 19.7 Å². The molecule has 2 rings (SSSR count). The van der Waals surface area contributed by atoms with Gasteiger partial charge in [0.2, 0.25) is 0 Å². The normalized spacial score (nSPS) is 11.5. The van der Waals surface area contributed by atoms with Crippen LogP contribution in [0.15, 0.2) is 42.5 Å². The SMILES string of the molecule is Cc1ccc(NC(=O)[C@H](C)OC(=O)c2cc(Cl)ccc2[N+](=O)[O-])cc1. The summed E-state index contributed by atoms with van der Waals surface area (Å²) in [6.45, 7) is 3.28. The third-order valence-electron chi connectivity index (χ3n) is 3.35. The van der Waals surface area contributed by atoms with Crippen LogP contribution in [-0.2, 0) is 9.53 Å². The molecule has 0 aliphatic rings. The topological polar surface area (TPSA) is 98.5 Å². The van der Waals surface area contributed by atoms with Gasteiger partial charge in [0.15, 0.2) is 6.10 Å². The highest BCUT2D eigenvalue weighted by Crippen LogP contribution is 2.24. The second kappa shape index (κ2) is 7.76. The maximum absolute atomic E-state index is 12.2. The number of carbonyl (C=O) groups is 2. The molecule has 0 heterocycles. The van der Waals surface area contributed by atoms with Crippen LogP contribution in [-0.4, -0.2) is 22.9 Å². The van der Waals surface area contributed by atoms with Crippen molar-refractivity contribution in [2.24, 2.45) is 0 Å². The predicted molar refractivity (Wildman–Crippen MR) is 92.8 cm³/mol. The van der Waals surface area contributed by atoms with Gasteiger partial charge < -0.3 is 10.1 Å². The van der Waals surface area contributed by atoms with E-state index in [1.807, 2.05) is 19.1 Å². The van der Waals surface area contributed by atoms with Gasteiger partial charge in [-0.15, -0.1) is 0 Å². The molecule has 1 amide bonds. The number of carbonyl (C=O) groups excluding carboxylic acids is 2. The number of ether oxygens (including phenoxy) is 1. The largest absolute Gasteiger partial charge is 0.449 e. The van der Waals surface area contributed by atoms with Crippen LogP contribution in [0.3, 0.4) is 0 Å². The molecule has 1 N–H and O–H groups in total. The van der Waals surface area contributed by atoms with E-state index in [4.69, 9.17) is 16.3 Å². The number of anilines is 1. The lowest BCUT2D eigenvalue weighted by atomic mass is 10.2. The second-order valence-corrected chi connectivity index (χ2v) is 5.76. The molecule has 0 saturated heterocycles. The lowest BCUT2D eigenvalue weighted by molar-refractivity contribution is -0.385. The molecular weight excluding hydrogens is 348 g/mol. The Kier molecular flexibility index (Phi) is 5.71. The van der Waals surface area contributed by atoms with Crippen molar-refractivity contribution in [3.8, 4) is 0 Å². The molecule has 0 spiro atoms. The molecule has 0 radical (unpaired) electrons. The van der Waals surface area contributed by atoms with Crippen LogP contribution in [0.1, 0.15) is 22.8 Å². The maximum Gasteiger partial charge on any atom is 0.345 e. The molecule has 0 aromatic heterocycles. The van der Waals surface area contributed by atoms with E-state index in [0.29, 0.717) is 5.69 Å². The minimum atomic E-state index is -1.15. The Bertz CT molecular complexity index is 820. The van der Waals surface area contributed by atoms with Gasteiger partial charge in [-0.25, -0.2) is 4.79 Å². The van der Waals surface area contributed by atoms with Gasteiger partial charge in [0.05, 0.1) is 4.92 Å². The van der Waals surface area contributed by atoms with E-state index in [0.717, 1.165) is 17.7 Å². The first-order valence-electron chi connectivity index (χ1n) is 7.30. The molecule has 0 aliphatic carbocycles. The quantitative estimate of drug-likeness (QED) is 0.496. The molecule has 2 aromatic carbocycles. The van der Waals surface area contributed by atoms with Crippen molar-refractivity contribution in [1.29, 1.82) is 0 Å². The monoisotopic (exact) mass is 362 g/mol. The number of nitrogens with one attached hydrogen (secondary N) is 1. The zero-order chi connectivity index (χ0) is 18.6. The minimum Gasteiger partial charge on any atom is -0.449 e. The number of nitrogens with zero attached hydrogens (tertiary/aromatic N) is 1. The third-order valence-corrected chi connectivity index (χ3v) is 3.58. The third kappa shape index (κ3) is 4.77. The van der Waals surface area contributed by atoms with E-state index in [2.05, 4.69) is 5.32 Å². The molecule has 0 unspecified atom stereocenters. The van der Waals surface area contributed by atoms with Gasteiger partial charge in [-0.2, -0.15) is 0 Å². The summed E-state index contributed by atoms with van der Waals surface area (Å²) in [5, 5.41) is 13.7. The number of rotatable bonds is 5. The Morgan fingerprint density at radius 2 is 1.84 bits per heavy atom. The molecule has 1 atom stereocenters. The smallest absolute Gasteiger partial charge is 0.345 e. The number of amides is 1. The predicted octanol–water partition coefficient (Wildman–Crippen LogP) is 3.74. The number of benzene rings is 2. The zero-order valence-corrected chi connectivity index (χ0v) is 14.2. The van der Waals surface area contributed by atoms with Crippen LogP contribution in [0.2, 0.25) is 5.02 Å². The maximum atomic E-state index is 12.2. The first-order chi connectivity index (χ1) is 11.8. The van der Waals surface area contributed by atoms with Gasteiger partial charge >= 0.3 is 5.97 Å². The van der Waals surface area contributed by atoms with Gasteiger partial charge in [0, 0.05) is 16.8 Å². The lowest BCUT2D eigenvalue weighted by Gasteiger charge is -2.14. The number of aryl methyl sites for hydroxylation is 1. The van der Waals surface area contributed by atoms with Crippen molar-refractivity contribution in [3.05, 3.63) is 68.7 Å². The molecule has 8 heteroatoms. The highest BCUT2D eigenvalue weighted by atomic mass is 35.5. The highest BCUT2D eigenvalue weighted by Gasteiger charge is 2.25. The first kappa shape index (κ1) is 18.4. The minimum absolute atomic E-state index is 0.148. The lowest BCUT2D eigenvalue weighted by Crippen LogP contribution is -2.30. The number of hydrogen-bond acceptors (Lipinski definition) is 5. The van der Waals surface area contributed by atoms with Crippen LogP contribution in [0.4, 0.5) is 11.4 Å². The number of hydrogen-bond donors (Lipinski definition) is 1. The summed E-state index contributed by atoms with van der Waals surface area (Å²) in [4.78, 5) is 34.6. The average molecular weight is 363 g/mol. The average Bonchev–Trinajstić information content (AvgIpc) is 2.56. The van der Waals surface area contributed by atoms with Gasteiger partial charge in [-0.1, -0.05) is 29.3 Å². The van der Waals surface area contributed by atoms with Crippen molar-refractivity contribution >= 4 is 34.9 Å². The van der Waals surface area contributed by atoms with Crippen molar-refractivity contribution < 1.29 is 19.2 Å². The number of nitro groups is 1. The molecule has 0 aliphatic heterocycles. The standard InChI is InChI=1S/C17H15ClN2O5/c1-10-3-6-13(7-4-10)19-16(21)11(2)25-17(22)14-9-12(18)5-8-15(14)20(23)24/h3-9,11H,1-2H3,(H,19,21)/t11-/m0/s1. The number of esters is 1. The van der Waals surface area contributed by atoms with Gasteiger partial charge in [-0.3, -0.25) is 14.9 Å². The second-order valence-electron chi connectivity index (χ2n) is 5.32. The molecule has 25 heavy (non-hydrogen) atoms. The van der Waals surface area contributed by atoms with Gasteiger partial charge in [0.1, 0.15) is 5.56 Å². The van der Waals surface area contributed by atoms with E-state index >= 15 is 0 Å². The summed E-state index contributed by atoms with van der Waals surface area (Å²) in [7, 11) is 0. The van der Waals surface area contributed by atoms with Crippen molar-refractivity contribution in [2.45, 2.75) is 20.0 Å². The summed E-state index contributed by atoms with van der Waals surface area (Å²) in [6, 6.07) is 10.6. The van der Waals surface area contributed by atoms with E-state index in [-0.39, 0.29) is 10.6 Å². The van der Waals surface area contributed by atoms with Crippen LogP contribution in [0, 0.1) is 17.0 Å². The summed E-state index contributed by atoms with van der Waals surface area (Å²) in [6.07, 6.45) is -1.15. The Morgan fingerprint density at radius 1 is 1.20 bits per heavy atom. The van der Waals surface area contributed by atoms with E-state index in [1.54, 1.807) is 12.1 Å². The molecule has 2 aromatic rings. The highest BCUT2D eigenvalue weighted by molar-refractivity contribution is 6.31. The summed E-state index contributed by atoms with van der Waals surface area (Å²) in [5.41, 5.74) is 0.825. The van der Waals surface area contributed by atoms with Gasteiger partial charge in [-0.05, 0) is 38.1 Å². The Balaban J connectivity index is 2.09. The van der Waals surface area contributed by atoms with Gasteiger partial charge in [0.25, 0.3) is 11.6 Å². The summed E-state index contributed by atoms with van der Waals surface area (Å²) < 4.78 is 5.03. The molecule has 0 fully saturated rings. The Labute approximate surface area is 148 Å². The van der Waals surface area contributed by atoms with Crippen LogP contribution in [0.25, 0.3) is 0 Å². The molecule has 7 nitrogen and oxygen atoms in total. The Morgan fingerprint density at radius 3 is 2.44 bits per heavy atom. The van der Waals surface area contributed by atoms with E-state index in [1.165, 1.54) is 13.0 Å². The first-order valence-corrected chi connectivity index (χ1v) is 7.68. The fraction of sp³-hybridized carbons (Fsp3) is 0.176. The van der Waals surface area contributed by atoms with Crippen molar-refractivity contribution in [2.75, 3.05) is 5.32 Å². The fourth-order valence-corrected chi connectivity index (χ4v) is 2.16. The van der Waals surface area contributed by atoms with Crippen LogP contribution >= 0.6 is 11.6 Å². The molecule has 0 bridgehead atoms. The number of halogens is 1. The van der Waals surface area contributed by atoms with E-state index < -0.39 is 28.6 Å². The molecular formula is C17H15ClN2O5. The Hall–Kier alpha value is -2.93. The fourth-order valence-electron chi connectivity index (χ4n) is 1.99. The van der Waals surface area contributed by atoms with Crippen LogP contribution < -0.4 is 5.32 Å². The molecule has 130 valence electrons.